The van der Waals surface area contributed by atoms with Gasteiger partial charge in [-0.15, -0.1) is 0 Å². The van der Waals surface area contributed by atoms with Gasteiger partial charge in [0, 0.05) is 26.6 Å². The first-order valence-electron chi connectivity index (χ1n) is 12.6. The molecule has 2 amide bonds. The van der Waals surface area contributed by atoms with Gasteiger partial charge in [-0.25, -0.2) is 0 Å². The van der Waals surface area contributed by atoms with Gasteiger partial charge >= 0.3 is 0 Å². The fraction of sp³-hybridized carbons (Fsp3) is 0.556. The third-order valence-electron chi connectivity index (χ3n) is 6.08. The molecule has 0 bridgehead atoms. The zero-order chi connectivity index (χ0) is 24.9. The minimum Gasteiger partial charge on any atom is -0.467 e. The lowest BCUT2D eigenvalue weighted by Crippen LogP contribution is -2.43. The molecule has 1 aromatic heterocycles. The van der Waals surface area contributed by atoms with Crippen molar-refractivity contribution in [2.45, 2.75) is 65.0 Å². The standard InChI is InChI=1S/C27H38N2O6/c1-3-4-5-6-7-8-11-26(30)28(14-16-32-2)20-27(31)29(19-23-10-9-15-33-23)18-22-12-13-24-25(17-22)35-21-34-24/h9-10,12-13,15,17H,3-8,11,14,16,18-21H2,1-2H3. The maximum atomic E-state index is 13.4. The molecule has 3 rings (SSSR count). The average Bonchev–Trinajstić information content (AvgIpc) is 3.55. The minimum absolute atomic E-state index is 0.00326. The van der Waals surface area contributed by atoms with Crippen LogP contribution in [0, 0.1) is 0 Å². The van der Waals surface area contributed by atoms with Gasteiger partial charge in [-0.2, -0.15) is 0 Å². The van der Waals surface area contributed by atoms with E-state index in [0.29, 0.717) is 49.9 Å². The van der Waals surface area contributed by atoms with E-state index in [1.165, 1.54) is 19.3 Å². The summed E-state index contributed by atoms with van der Waals surface area (Å²) < 4.78 is 21.6. The summed E-state index contributed by atoms with van der Waals surface area (Å²) in [6, 6.07) is 9.29. The number of hydrogen-bond donors (Lipinski definition) is 0. The predicted octanol–water partition coefficient (Wildman–Crippen LogP) is 4.76. The molecule has 0 spiro atoms. The summed E-state index contributed by atoms with van der Waals surface area (Å²) in [6.07, 6.45) is 8.70. The first-order chi connectivity index (χ1) is 17.1. The molecule has 0 unspecified atom stereocenters. The number of methoxy groups -OCH3 is 1. The van der Waals surface area contributed by atoms with E-state index in [9.17, 15) is 9.59 Å². The van der Waals surface area contributed by atoms with E-state index < -0.39 is 0 Å². The van der Waals surface area contributed by atoms with Crippen molar-refractivity contribution in [3.8, 4) is 11.5 Å². The average molecular weight is 487 g/mol. The van der Waals surface area contributed by atoms with Crippen molar-refractivity contribution in [2.75, 3.05) is 33.6 Å². The summed E-state index contributed by atoms with van der Waals surface area (Å²) in [5, 5.41) is 0. The molecule has 1 aliphatic heterocycles. The molecule has 2 aromatic rings. The van der Waals surface area contributed by atoms with Gasteiger partial charge < -0.3 is 28.4 Å². The molecule has 0 saturated carbocycles. The van der Waals surface area contributed by atoms with Crippen LogP contribution in [0.2, 0.25) is 0 Å². The molecule has 0 fully saturated rings. The van der Waals surface area contributed by atoms with Crippen LogP contribution >= 0.6 is 0 Å². The number of benzene rings is 1. The minimum atomic E-state index is -0.147. The second-order valence-electron chi connectivity index (χ2n) is 8.84. The third kappa shape index (κ3) is 8.62. The lowest BCUT2D eigenvalue weighted by molar-refractivity contribution is -0.142. The first kappa shape index (κ1) is 26.6. The largest absolute Gasteiger partial charge is 0.467 e. The van der Waals surface area contributed by atoms with Gasteiger partial charge in [0.05, 0.1) is 26.0 Å². The molecule has 1 aromatic carbocycles. The Morgan fingerprint density at radius 3 is 2.51 bits per heavy atom. The molecule has 0 atom stereocenters. The lowest BCUT2D eigenvalue weighted by atomic mass is 10.1. The van der Waals surface area contributed by atoms with Crippen molar-refractivity contribution in [1.82, 2.24) is 9.80 Å². The van der Waals surface area contributed by atoms with E-state index in [2.05, 4.69) is 6.92 Å². The van der Waals surface area contributed by atoms with Crippen molar-refractivity contribution in [3.63, 3.8) is 0 Å². The second kappa shape index (κ2) is 14.4. The molecule has 2 heterocycles. The van der Waals surface area contributed by atoms with Gasteiger partial charge in [0.15, 0.2) is 11.5 Å². The van der Waals surface area contributed by atoms with Gasteiger partial charge in [-0.3, -0.25) is 9.59 Å². The molecule has 192 valence electrons. The smallest absolute Gasteiger partial charge is 0.242 e. The molecule has 8 nitrogen and oxygen atoms in total. The van der Waals surface area contributed by atoms with Crippen LogP contribution in [-0.2, 0) is 27.4 Å². The molecule has 8 heteroatoms. The van der Waals surface area contributed by atoms with Crippen molar-refractivity contribution < 1.29 is 28.2 Å². The van der Waals surface area contributed by atoms with Crippen molar-refractivity contribution in [1.29, 1.82) is 0 Å². The van der Waals surface area contributed by atoms with E-state index in [1.807, 2.05) is 24.3 Å². The van der Waals surface area contributed by atoms with E-state index in [-0.39, 0.29) is 25.2 Å². The number of fused-ring (bicyclic) bond motifs is 1. The van der Waals surface area contributed by atoms with E-state index in [1.54, 1.807) is 29.2 Å². The number of carbonyl (C=O) groups excluding carboxylic acids is 2. The number of unbranched alkanes of at least 4 members (excludes halogenated alkanes) is 5. The zero-order valence-electron chi connectivity index (χ0n) is 21.0. The summed E-state index contributed by atoms with van der Waals surface area (Å²) in [7, 11) is 1.60. The highest BCUT2D eigenvalue weighted by atomic mass is 16.7. The van der Waals surface area contributed by atoms with Crippen LogP contribution in [0.3, 0.4) is 0 Å². The highest BCUT2D eigenvalue weighted by Crippen LogP contribution is 2.33. The number of rotatable bonds is 16. The zero-order valence-corrected chi connectivity index (χ0v) is 21.0. The summed E-state index contributed by atoms with van der Waals surface area (Å²) in [4.78, 5) is 29.7. The lowest BCUT2D eigenvalue weighted by Gasteiger charge is -2.27. The molecule has 35 heavy (non-hydrogen) atoms. The number of ether oxygens (including phenoxy) is 3. The molecule has 0 N–H and O–H groups in total. The van der Waals surface area contributed by atoms with Crippen LogP contribution in [0.15, 0.2) is 41.0 Å². The van der Waals surface area contributed by atoms with Crippen LogP contribution in [-0.4, -0.2) is 55.2 Å². The Morgan fingerprint density at radius 2 is 1.74 bits per heavy atom. The van der Waals surface area contributed by atoms with Crippen molar-refractivity contribution in [3.05, 3.63) is 47.9 Å². The normalized spacial score (nSPS) is 12.1. The third-order valence-corrected chi connectivity index (χ3v) is 6.08. The van der Waals surface area contributed by atoms with Gasteiger partial charge in [0.1, 0.15) is 5.76 Å². The fourth-order valence-electron chi connectivity index (χ4n) is 4.05. The van der Waals surface area contributed by atoms with Gasteiger partial charge in [-0.05, 0) is 36.2 Å². The Balaban J connectivity index is 1.63. The second-order valence-corrected chi connectivity index (χ2v) is 8.84. The Kier molecular flexibility index (Phi) is 11.0. The van der Waals surface area contributed by atoms with Crippen LogP contribution in [0.5, 0.6) is 11.5 Å². The number of furan rings is 1. The number of carbonyl (C=O) groups is 2. The first-order valence-corrected chi connectivity index (χ1v) is 12.6. The number of hydrogen-bond acceptors (Lipinski definition) is 6. The summed E-state index contributed by atoms with van der Waals surface area (Å²) in [5.74, 6) is 1.90. The van der Waals surface area contributed by atoms with E-state index in [4.69, 9.17) is 18.6 Å². The Hall–Kier alpha value is -3.00. The van der Waals surface area contributed by atoms with Crippen LogP contribution < -0.4 is 9.47 Å². The highest BCUT2D eigenvalue weighted by molar-refractivity contribution is 5.84. The van der Waals surface area contributed by atoms with Gasteiger partial charge in [0.25, 0.3) is 0 Å². The topological polar surface area (TPSA) is 81.5 Å². The molecule has 0 saturated heterocycles. The van der Waals surface area contributed by atoms with Gasteiger partial charge in [-0.1, -0.05) is 45.1 Å². The summed E-state index contributed by atoms with van der Waals surface area (Å²) >= 11 is 0. The monoisotopic (exact) mass is 486 g/mol. The van der Waals surface area contributed by atoms with E-state index >= 15 is 0 Å². The van der Waals surface area contributed by atoms with Crippen LogP contribution in [0.4, 0.5) is 0 Å². The number of amides is 2. The molecule has 0 radical (unpaired) electrons. The molecular weight excluding hydrogens is 448 g/mol. The van der Waals surface area contributed by atoms with Gasteiger partial charge in [0.2, 0.25) is 18.6 Å². The Morgan fingerprint density at radius 1 is 0.943 bits per heavy atom. The number of nitrogens with zero attached hydrogens (tertiary/aromatic N) is 2. The highest BCUT2D eigenvalue weighted by Gasteiger charge is 2.23. The predicted molar refractivity (Wildman–Crippen MR) is 132 cm³/mol. The van der Waals surface area contributed by atoms with E-state index in [0.717, 1.165) is 24.8 Å². The Labute approximate surface area is 208 Å². The summed E-state index contributed by atoms with van der Waals surface area (Å²) in [5.41, 5.74) is 0.913. The van der Waals surface area contributed by atoms with Crippen molar-refractivity contribution in [2.24, 2.45) is 0 Å². The quantitative estimate of drug-likeness (QED) is 0.318. The maximum absolute atomic E-state index is 13.4. The fourth-order valence-corrected chi connectivity index (χ4v) is 4.05. The Bertz CT molecular complexity index is 914. The molecule has 0 aliphatic carbocycles. The SMILES string of the molecule is CCCCCCCCC(=O)N(CCOC)CC(=O)N(Cc1ccc2c(c1)OCO2)Cc1ccco1. The molecule has 1 aliphatic rings. The summed E-state index contributed by atoms with van der Waals surface area (Å²) in [6.45, 7) is 3.83. The maximum Gasteiger partial charge on any atom is 0.242 e. The molecular formula is C27H38N2O6. The van der Waals surface area contributed by atoms with Crippen molar-refractivity contribution >= 4 is 11.8 Å². The van der Waals surface area contributed by atoms with Crippen LogP contribution in [0.1, 0.15) is 63.2 Å². The van der Waals surface area contributed by atoms with Crippen LogP contribution in [0.25, 0.3) is 0 Å².